The van der Waals surface area contributed by atoms with Crippen LogP contribution in [0.5, 0.6) is 0 Å². The van der Waals surface area contributed by atoms with Crippen LogP contribution in [-0.4, -0.2) is 68.6 Å². The molecule has 1 fully saturated rings. The number of hydrogen-bond donors (Lipinski definition) is 2. The van der Waals surface area contributed by atoms with E-state index in [1.807, 2.05) is 7.05 Å². The highest BCUT2D eigenvalue weighted by molar-refractivity contribution is 5.80. The molecule has 0 bridgehead atoms. The first kappa shape index (κ1) is 22.3. The fourth-order valence-electron chi connectivity index (χ4n) is 4.00. The molecular formula is C25H37N5. The Labute approximate surface area is 182 Å². The van der Waals surface area contributed by atoms with E-state index in [-0.39, 0.29) is 0 Å². The topological polar surface area (TPSA) is 42.9 Å². The van der Waals surface area contributed by atoms with Crippen LogP contribution in [0.3, 0.4) is 0 Å². The molecule has 3 rings (SSSR count). The number of nitrogens with zero attached hydrogens (tertiary/aromatic N) is 3. The zero-order valence-corrected chi connectivity index (χ0v) is 18.7. The zero-order chi connectivity index (χ0) is 21.2. The van der Waals surface area contributed by atoms with Gasteiger partial charge in [0.25, 0.3) is 0 Å². The van der Waals surface area contributed by atoms with E-state index in [4.69, 9.17) is 0 Å². The van der Waals surface area contributed by atoms with Crippen LogP contribution in [0.4, 0.5) is 0 Å². The van der Waals surface area contributed by atoms with E-state index in [0.717, 1.165) is 51.4 Å². The molecule has 1 saturated heterocycles. The Bertz CT molecular complexity index is 752. The molecule has 1 aliphatic heterocycles. The molecule has 30 heavy (non-hydrogen) atoms. The number of piperidine rings is 1. The van der Waals surface area contributed by atoms with Crippen LogP contribution in [-0.2, 0) is 13.0 Å². The molecule has 162 valence electrons. The summed E-state index contributed by atoms with van der Waals surface area (Å²) < 4.78 is 0. The third kappa shape index (κ3) is 7.15. The molecule has 0 amide bonds. The van der Waals surface area contributed by atoms with Crippen molar-refractivity contribution in [2.75, 3.05) is 40.8 Å². The Hall–Kier alpha value is -2.37. The molecule has 1 heterocycles. The minimum atomic E-state index is 0.415. The summed E-state index contributed by atoms with van der Waals surface area (Å²) in [6, 6.07) is 22.4. The van der Waals surface area contributed by atoms with Crippen molar-refractivity contribution in [3.05, 3.63) is 71.8 Å². The summed E-state index contributed by atoms with van der Waals surface area (Å²) in [6.45, 7) is 4.16. The van der Waals surface area contributed by atoms with Crippen molar-refractivity contribution in [1.82, 2.24) is 20.4 Å². The van der Waals surface area contributed by atoms with Crippen LogP contribution in [0.2, 0.25) is 0 Å². The Kier molecular flexibility index (Phi) is 8.72. The van der Waals surface area contributed by atoms with Gasteiger partial charge in [0.15, 0.2) is 5.96 Å². The Balaban J connectivity index is 1.43. The number of benzene rings is 2. The summed E-state index contributed by atoms with van der Waals surface area (Å²) in [7, 11) is 6.16. The first-order chi connectivity index (χ1) is 14.6. The molecule has 5 heteroatoms. The third-order valence-corrected chi connectivity index (χ3v) is 5.95. The first-order valence-corrected chi connectivity index (χ1v) is 11.1. The number of likely N-dealkylation sites (N-methyl/N-ethyl adjacent to an activating group) is 1. The monoisotopic (exact) mass is 407 g/mol. The standard InChI is InChI=1S/C25H37N5/c1-26-25(27-19-24(29(2)3)18-21-10-6-4-7-11-21)28-23-14-16-30(17-15-23)20-22-12-8-5-9-13-22/h4-13,23-24H,14-20H2,1-3H3,(H2,26,27,28). The fourth-order valence-corrected chi connectivity index (χ4v) is 4.00. The number of likely N-dealkylation sites (tertiary alicyclic amines) is 1. The van der Waals surface area contributed by atoms with Gasteiger partial charge in [0, 0.05) is 45.3 Å². The summed E-state index contributed by atoms with van der Waals surface area (Å²) in [6.07, 6.45) is 3.32. The molecule has 0 spiro atoms. The second-order valence-corrected chi connectivity index (χ2v) is 8.44. The number of nitrogens with one attached hydrogen (secondary N) is 2. The van der Waals surface area contributed by atoms with Crippen molar-refractivity contribution >= 4 is 5.96 Å². The minimum absolute atomic E-state index is 0.415. The lowest BCUT2D eigenvalue weighted by molar-refractivity contribution is 0.198. The lowest BCUT2D eigenvalue weighted by atomic mass is 10.0. The lowest BCUT2D eigenvalue weighted by Crippen LogP contribution is -2.51. The fraction of sp³-hybridized carbons (Fsp3) is 0.480. The van der Waals surface area contributed by atoms with E-state index in [9.17, 15) is 0 Å². The molecule has 0 aromatic heterocycles. The molecule has 2 N–H and O–H groups in total. The average Bonchev–Trinajstić information content (AvgIpc) is 2.78. The highest BCUT2D eigenvalue weighted by Crippen LogP contribution is 2.14. The van der Waals surface area contributed by atoms with Crippen LogP contribution in [0.15, 0.2) is 65.7 Å². The van der Waals surface area contributed by atoms with Gasteiger partial charge < -0.3 is 15.5 Å². The first-order valence-electron chi connectivity index (χ1n) is 11.1. The van der Waals surface area contributed by atoms with Gasteiger partial charge in [-0.05, 0) is 44.5 Å². The maximum atomic E-state index is 4.47. The van der Waals surface area contributed by atoms with Gasteiger partial charge in [-0.1, -0.05) is 60.7 Å². The predicted molar refractivity (Wildman–Crippen MR) is 127 cm³/mol. The quantitative estimate of drug-likeness (QED) is 0.522. The molecule has 0 saturated carbocycles. The highest BCUT2D eigenvalue weighted by atomic mass is 15.2. The lowest BCUT2D eigenvalue weighted by Gasteiger charge is -2.33. The normalized spacial score (nSPS) is 17.1. The van der Waals surface area contributed by atoms with Crippen LogP contribution >= 0.6 is 0 Å². The Morgan fingerprint density at radius 3 is 2.17 bits per heavy atom. The van der Waals surface area contributed by atoms with Crippen LogP contribution in [0, 0.1) is 0 Å². The van der Waals surface area contributed by atoms with Gasteiger partial charge in [-0.3, -0.25) is 9.89 Å². The maximum absolute atomic E-state index is 4.47. The maximum Gasteiger partial charge on any atom is 0.191 e. The van der Waals surface area contributed by atoms with E-state index in [0.29, 0.717) is 12.1 Å². The van der Waals surface area contributed by atoms with Crippen molar-refractivity contribution in [1.29, 1.82) is 0 Å². The van der Waals surface area contributed by atoms with Gasteiger partial charge >= 0.3 is 0 Å². The van der Waals surface area contributed by atoms with Crippen LogP contribution in [0.25, 0.3) is 0 Å². The molecular weight excluding hydrogens is 370 g/mol. The number of guanidine groups is 1. The molecule has 1 unspecified atom stereocenters. The van der Waals surface area contributed by atoms with Crippen molar-refractivity contribution in [3.63, 3.8) is 0 Å². The van der Waals surface area contributed by atoms with Gasteiger partial charge in [0.1, 0.15) is 0 Å². The molecule has 1 atom stereocenters. The summed E-state index contributed by atoms with van der Waals surface area (Å²) in [5, 5.41) is 7.19. The minimum Gasteiger partial charge on any atom is -0.355 e. The van der Waals surface area contributed by atoms with Crippen LogP contribution < -0.4 is 10.6 Å². The van der Waals surface area contributed by atoms with Gasteiger partial charge in [-0.25, -0.2) is 0 Å². The Morgan fingerprint density at radius 2 is 1.60 bits per heavy atom. The predicted octanol–water partition coefficient (Wildman–Crippen LogP) is 2.99. The molecule has 2 aromatic rings. The van der Waals surface area contributed by atoms with E-state index in [1.54, 1.807) is 0 Å². The molecule has 0 radical (unpaired) electrons. The van der Waals surface area contributed by atoms with Crippen LogP contribution in [0.1, 0.15) is 24.0 Å². The van der Waals surface area contributed by atoms with Crippen molar-refractivity contribution in [3.8, 4) is 0 Å². The SMILES string of the molecule is CN=C(NCC(Cc1ccccc1)N(C)C)NC1CCN(Cc2ccccc2)CC1. The summed E-state index contributed by atoms with van der Waals surface area (Å²) in [4.78, 5) is 9.30. The summed E-state index contributed by atoms with van der Waals surface area (Å²) in [5.41, 5.74) is 2.77. The van der Waals surface area contributed by atoms with Crippen molar-refractivity contribution in [2.24, 2.45) is 4.99 Å². The second-order valence-electron chi connectivity index (χ2n) is 8.44. The van der Waals surface area contributed by atoms with Crippen molar-refractivity contribution in [2.45, 2.75) is 37.9 Å². The van der Waals surface area contributed by atoms with Gasteiger partial charge in [-0.2, -0.15) is 0 Å². The molecule has 2 aromatic carbocycles. The Morgan fingerprint density at radius 1 is 1.00 bits per heavy atom. The highest BCUT2D eigenvalue weighted by Gasteiger charge is 2.20. The summed E-state index contributed by atoms with van der Waals surface area (Å²) >= 11 is 0. The second kappa shape index (κ2) is 11.7. The average molecular weight is 408 g/mol. The van der Waals surface area contributed by atoms with E-state index < -0.39 is 0 Å². The van der Waals surface area contributed by atoms with Gasteiger partial charge in [0.2, 0.25) is 0 Å². The smallest absolute Gasteiger partial charge is 0.191 e. The largest absolute Gasteiger partial charge is 0.355 e. The van der Waals surface area contributed by atoms with Gasteiger partial charge in [-0.15, -0.1) is 0 Å². The molecule has 1 aliphatic rings. The van der Waals surface area contributed by atoms with E-state index in [2.05, 4.69) is 100 Å². The van der Waals surface area contributed by atoms with Crippen molar-refractivity contribution < 1.29 is 0 Å². The number of hydrogen-bond acceptors (Lipinski definition) is 3. The van der Waals surface area contributed by atoms with Gasteiger partial charge in [0.05, 0.1) is 0 Å². The third-order valence-electron chi connectivity index (χ3n) is 5.95. The number of aliphatic imine (C=N–C) groups is 1. The zero-order valence-electron chi connectivity index (χ0n) is 18.7. The van der Waals surface area contributed by atoms with E-state index >= 15 is 0 Å². The molecule has 5 nitrogen and oxygen atoms in total. The number of rotatable bonds is 8. The molecule has 0 aliphatic carbocycles. The van der Waals surface area contributed by atoms with E-state index in [1.165, 1.54) is 11.1 Å². The summed E-state index contributed by atoms with van der Waals surface area (Å²) in [5.74, 6) is 0.913.